The Morgan fingerprint density at radius 2 is 1.95 bits per heavy atom. The van der Waals surface area contributed by atoms with Crippen LogP contribution in [0.5, 0.6) is 0 Å². The largest absolute Gasteiger partial charge is 0.449 e. The second kappa shape index (κ2) is 5.91. The van der Waals surface area contributed by atoms with Crippen LogP contribution in [-0.2, 0) is 0 Å². The Morgan fingerprint density at radius 3 is 2.62 bits per heavy atom. The molecular formula is C16H19N3O2. The van der Waals surface area contributed by atoms with Gasteiger partial charge in [0.2, 0.25) is 5.88 Å². The van der Waals surface area contributed by atoms with Crippen LogP contribution < -0.4 is 10.2 Å². The number of aryl methyl sites for hydroxylation is 1. The quantitative estimate of drug-likeness (QED) is 0.923. The Kier molecular flexibility index (Phi) is 3.81. The van der Waals surface area contributed by atoms with Gasteiger partial charge in [0.25, 0.3) is 0 Å². The van der Waals surface area contributed by atoms with E-state index in [1.165, 1.54) is 11.3 Å². The van der Waals surface area contributed by atoms with E-state index in [0.717, 1.165) is 13.1 Å². The van der Waals surface area contributed by atoms with Crippen molar-refractivity contribution in [2.24, 2.45) is 0 Å². The van der Waals surface area contributed by atoms with Crippen molar-refractivity contribution in [3.63, 3.8) is 0 Å². The number of nitrogens with one attached hydrogen (secondary N) is 1. The topological polar surface area (TPSA) is 48.7 Å². The molecule has 2 amide bonds. The summed E-state index contributed by atoms with van der Waals surface area (Å²) < 4.78 is 5.13. The van der Waals surface area contributed by atoms with E-state index in [9.17, 15) is 4.79 Å². The van der Waals surface area contributed by atoms with E-state index in [1.807, 2.05) is 4.90 Å². The summed E-state index contributed by atoms with van der Waals surface area (Å²) in [6, 6.07) is 11.8. The molecule has 1 aliphatic heterocycles. The smallest absolute Gasteiger partial charge is 0.324 e. The second-order valence-electron chi connectivity index (χ2n) is 5.22. The van der Waals surface area contributed by atoms with Crippen LogP contribution in [0, 0.1) is 6.92 Å². The van der Waals surface area contributed by atoms with Crippen molar-refractivity contribution >= 4 is 17.6 Å². The first-order valence-electron chi connectivity index (χ1n) is 7.13. The van der Waals surface area contributed by atoms with Gasteiger partial charge in [-0.3, -0.25) is 5.32 Å². The summed E-state index contributed by atoms with van der Waals surface area (Å²) in [7, 11) is 0. The van der Waals surface area contributed by atoms with Crippen LogP contribution in [0.1, 0.15) is 5.56 Å². The zero-order valence-corrected chi connectivity index (χ0v) is 12.1. The predicted octanol–water partition coefficient (Wildman–Crippen LogP) is 2.94. The van der Waals surface area contributed by atoms with Crippen molar-refractivity contribution in [2.45, 2.75) is 6.92 Å². The van der Waals surface area contributed by atoms with Crippen LogP contribution in [0.4, 0.5) is 16.4 Å². The summed E-state index contributed by atoms with van der Waals surface area (Å²) in [6.45, 7) is 5.20. The third-order valence-electron chi connectivity index (χ3n) is 3.68. The highest BCUT2D eigenvalue weighted by Gasteiger charge is 2.21. The van der Waals surface area contributed by atoms with Gasteiger partial charge in [0.15, 0.2) is 0 Å². The molecule has 0 radical (unpaired) electrons. The van der Waals surface area contributed by atoms with Crippen LogP contribution >= 0.6 is 0 Å². The lowest BCUT2D eigenvalue weighted by Gasteiger charge is -2.36. The van der Waals surface area contributed by atoms with Crippen molar-refractivity contribution in [3.05, 3.63) is 48.2 Å². The minimum absolute atomic E-state index is 0.103. The van der Waals surface area contributed by atoms with Gasteiger partial charge in [-0.2, -0.15) is 0 Å². The molecule has 110 valence electrons. The van der Waals surface area contributed by atoms with E-state index < -0.39 is 0 Å². The molecule has 0 unspecified atom stereocenters. The highest BCUT2D eigenvalue weighted by atomic mass is 16.3. The maximum absolute atomic E-state index is 12.1. The fraction of sp³-hybridized carbons (Fsp3) is 0.312. The number of carbonyl (C=O) groups is 1. The SMILES string of the molecule is Cc1cccc(N2CCN(C(=O)Nc3ccco3)CC2)c1. The normalized spacial score (nSPS) is 15.1. The third-order valence-corrected chi connectivity index (χ3v) is 3.68. The zero-order valence-electron chi connectivity index (χ0n) is 12.1. The molecule has 0 bridgehead atoms. The number of piperazine rings is 1. The highest BCUT2D eigenvalue weighted by Crippen LogP contribution is 2.18. The molecule has 1 aromatic heterocycles. The van der Waals surface area contributed by atoms with Crippen LogP contribution in [0.15, 0.2) is 47.1 Å². The molecule has 3 rings (SSSR count). The molecule has 0 atom stereocenters. The number of carbonyl (C=O) groups excluding carboxylic acids is 1. The summed E-state index contributed by atoms with van der Waals surface area (Å²) in [4.78, 5) is 16.2. The van der Waals surface area contributed by atoms with E-state index >= 15 is 0 Å². The Labute approximate surface area is 124 Å². The molecule has 2 aromatic rings. The van der Waals surface area contributed by atoms with Crippen LogP contribution in [-0.4, -0.2) is 37.1 Å². The first-order valence-corrected chi connectivity index (χ1v) is 7.13. The molecule has 0 aliphatic carbocycles. The number of rotatable bonds is 2. The number of hydrogen-bond acceptors (Lipinski definition) is 3. The van der Waals surface area contributed by atoms with Crippen molar-refractivity contribution in [1.29, 1.82) is 0 Å². The lowest BCUT2D eigenvalue weighted by Crippen LogP contribution is -2.50. The summed E-state index contributed by atoms with van der Waals surface area (Å²) in [5, 5.41) is 2.76. The monoisotopic (exact) mass is 285 g/mol. The number of amides is 2. The second-order valence-corrected chi connectivity index (χ2v) is 5.22. The molecular weight excluding hydrogens is 266 g/mol. The molecule has 0 spiro atoms. The van der Waals surface area contributed by atoms with E-state index in [-0.39, 0.29) is 6.03 Å². The minimum Gasteiger partial charge on any atom is -0.449 e. The molecule has 0 saturated carbocycles. The summed E-state index contributed by atoms with van der Waals surface area (Å²) >= 11 is 0. The van der Waals surface area contributed by atoms with Crippen LogP contribution in [0.2, 0.25) is 0 Å². The fourth-order valence-corrected chi connectivity index (χ4v) is 2.53. The Balaban J connectivity index is 1.56. The first-order chi connectivity index (χ1) is 10.2. The number of benzene rings is 1. The number of furan rings is 1. The minimum atomic E-state index is -0.103. The van der Waals surface area contributed by atoms with E-state index in [4.69, 9.17) is 4.42 Å². The summed E-state index contributed by atoms with van der Waals surface area (Å²) in [5.41, 5.74) is 2.48. The van der Waals surface area contributed by atoms with Gasteiger partial charge in [0.05, 0.1) is 6.26 Å². The number of hydrogen-bond donors (Lipinski definition) is 1. The number of urea groups is 1. The summed E-state index contributed by atoms with van der Waals surface area (Å²) in [6.07, 6.45) is 1.55. The first kappa shape index (κ1) is 13.5. The summed E-state index contributed by atoms with van der Waals surface area (Å²) in [5.74, 6) is 0.487. The number of nitrogens with zero attached hydrogens (tertiary/aromatic N) is 2. The Bertz CT molecular complexity index is 602. The Morgan fingerprint density at radius 1 is 1.14 bits per heavy atom. The molecule has 1 saturated heterocycles. The van der Waals surface area contributed by atoms with Crippen molar-refractivity contribution in [3.8, 4) is 0 Å². The van der Waals surface area contributed by atoms with Gasteiger partial charge in [-0.25, -0.2) is 4.79 Å². The van der Waals surface area contributed by atoms with Gasteiger partial charge in [-0.15, -0.1) is 0 Å². The van der Waals surface area contributed by atoms with Crippen molar-refractivity contribution < 1.29 is 9.21 Å². The third kappa shape index (κ3) is 3.18. The lowest BCUT2D eigenvalue weighted by molar-refractivity contribution is 0.207. The molecule has 5 nitrogen and oxygen atoms in total. The molecule has 5 heteroatoms. The van der Waals surface area contributed by atoms with Gasteiger partial charge in [0.1, 0.15) is 0 Å². The standard InChI is InChI=1S/C16H19N3O2/c1-13-4-2-5-14(12-13)18-7-9-19(10-8-18)16(20)17-15-6-3-11-21-15/h2-6,11-12H,7-10H2,1H3,(H,17,20). The van der Waals surface area contributed by atoms with Gasteiger partial charge in [-0.05, 0) is 30.7 Å². The highest BCUT2D eigenvalue weighted by molar-refractivity contribution is 5.88. The van der Waals surface area contributed by atoms with E-state index in [0.29, 0.717) is 19.0 Å². The van der Waals surface area contributed by atoms with Crippen molar-refractivity contribution in [2.75, 3.05) is 36.4 Å². The zero-order chi connectivity index (χ0) is 14.7. The maximum atomic E-state index is 12.1. The molecule has 1 aliphatic rings. The van der Waals surface area contributed by atoms with Gasteiger partial charge >= 0.3 is 6.03 Å². The fourth-order valence-electron chi connectivity index (χ4n) is 2.53. The predicted molar refractivity (Wildman–Crippen MR) is 82.7 cm³/mol. The average Bonchev–Trinajstić information content (AvgIpc) is 3.00. The van der Waals surface area contributed by atoms with Gasteiger partial charge < -0.3 is 14.2 Å². The maximum Gasteiger partial charge on any atom is 0.324 e. The Hall–Kier alpha value is -2.43. The average molecular weight is 285 g/mol. The molecule has 2 heterocycles. The molecule has 1 N–H and O–H groups in total. The molecule has 21 heavy (non-hydrogen) atoms. The van der Waals surface area contributed by atoms with Gasteiger partial charge in [0, 0.05) is 37.9 Å². The van der Waals surface area contributed by atoms with Crippen LogP contribution in [0.3, 0.4) is 0 Å². The van der Waals surface area contributed by atoms with Crippen molar-refractivity contribution in [1.82, 2.24) is 4.90 Å². The van der Waals surface area contributed by atoms with E-state index in [2.05, 4.69) is 41.4 Å². The number of anilines is 2. The van der Waals surface area contributed by atoms with Gasteiger partial charge in [-0.1, -0.05) is 12.1 Å². The van der Waals surface area contributed by atoms with Crippen LogP contribution in [0.25, 0.3) is 0 Å². The lowest BCUT2D eigenvalue weighted by atomic mass is 10.2. The molecule has 1 fully saturated rings. The molecule has 1 aromatic carbocycles. The van der Waals surface area contributed by atoms with E-state index in [1.54, 1.807) is 18.4 Å².